The molecule has 0 saturated heterocycles. The van der Waals surface area contributed by atoms with E-state index in [1.165, 1.54) is 18.5 Å². The van der Waals surface area contributed by atoms with Crippen molar-refractivity contribution < 1.29 is 9.90 Å². The number of hydrogen-bond donors (Lipinski definition) is 1. The van der Waals surface area contributed by atoms with E-state index in [1.807, 2.05) is 0 Å². The van der Waals surface area contributed by atoms with Gasteiger partial charge < -0.3 is 5.11 Å². The summed E-state index contributed by atoms with van der Waals surface area (Å²) in [6.45, 7) is 0. The molecule has 6 heteroatoms. The lowest BCUT2D eigenvalue weighted by molar-refractivity contribution is 0.0688. The Balaban J connectivity index is 2.61. The average molecular weight is 217 g/mol. The minimum atomic E-state index is -1.18. The summed E-state index contributed by atoms with van der Waals surface area (Å²) >= 11 is 0. The number of rotatable bonds is 2. The van der Waals surface area contributed by atoms with Gasteiger partial charge in [-0.3, -0.25) is 9.78 Å². The van der Waals surface area contributed by atoms with Crippen molar-refractivity contribution in [2.24, 2.45) is 0 Å². The van der Waals surface area contributed by atoms with E-state index in [0.717, 1.165) is 10.7 Å². The maximum absolute atomic E-state index is 11.5. The highest BCUT2D eigenvalue weighted by Gasteiger charge is 2.07. The zero-order chi connectivity index (χ0) is 11.5. The Labute approximate surface area is 89.8 Å². The largest absolute Gasteiger partial charge is 0.476 e. The quantitative estimate of drug-likeness (QED) is 0.783. The smallest absolute Gasteiger partial charge is 0.356 e. The first-order valence-corrected chi connectivity index (χ1v) is 4.42. The summed E-state index contributed by atoms with van der Waals surface area (Å²) in [5.41, 5.74) is -0.101. The van der Waals surface area contributed by atoms with Crippen LogP contribution in [-0.2, 0) is 0 Å². The third kappa shape index (κ3) is 1.81. The monoisotopic (exact) mass is 217 g/mol. The molecule has 6 nitrogen and oxygen atoms in total. The first-order chi connectivity index (χ1) is 7.68. The number of carboxylic acids is 1. The molecule has 0 radical (unpaired) electrons. The van der Waals surface area contributed by atoms with Gasteiger partial charge in [0.2, 0.25) is 0 Å². The van der Waals surface area contributed by atoms with Crippen LogP contribution in [0.5, 0.6) is 0 Å². The second-order valence-corrected chi connectivity index (χ2v) is 2.98. The summed E-state index contributed by atoms with van der Waals surface area (Å²) in [4.78, 5) is 26.0. The first-order valence-electron chi connectivity index (χ1n) is 4.42. The molecule has 0 amide bonds. The SMILES string of the molecule is O=C(O)c1ccc(=O)n(-c2ccncc2)n1. The number of aromatic carboxylic acids is 1. The van der Waals surface area contributed by atoms with Crippen LogP contribution in [0.15, 0.2) is 41.5 Å². The van der Waals surface area contributed by atoms with Gasteiger partial charge in [-0.15, -0.1) is 0 Å². The van der Waals surface area contributed by atoms with E-state index in [0.29, 0.717) is 5.69 Å². The van der Waals surface area contributed by atoms with Crippen molar-refractivity contribution in [3.05, 3.63) is 52.7 Å². The van der Waals surface area contributed by atoms with Gasteiger partial charge in [0.1, 0.15) is 0 Å². The van der Waals surface area contributed by atoms with Crippen molar-refractivity contribution in [3.63, 3.8) is 0 Å². The average Bonchev–Trinajstić information content (AvgIpc) is 2.30. The molecule has 0 atom stereocenters. The Morgan fingerprint density at radius 2 is 1.88 bits per heavy atom. The number of hydrogen-bond acceptors (Lipinski definition) is 4. The molecule has 0 fully saturated rings. The van der Waals surface area contributed by atoms with Gasteiger partial charge in [0, 0.05) is 18.5 Å². The summed E-state index contributed by atoms with van der Waals surface area (Å²) < 4.78 is 1.02. The van der Waals surface area contributed by atoms with Crippen LogP contribution in [-0.4, -0.2) is 25.8 Å². The predicted molar refractivity (Wildman–Crippen MR) is 54.6 cm³/mol. The fourth-order valence-corrected chi connectivity index (χ4v) is 1.20. The number of pyridine rings is 1. The summed E-state index contributed by atoms with van der Waals surface area (Å²) in [6, 6.07) is 5.47. The zero-order valence-electron chi connectivity index (χ0n) is 8.07. The van der Waals surface area contributed by atoms with Crippen molar-refractivity contribution in [2.45, 2.75) is 0 Å². The molecule has 16 heavy (non-hydrogen) atoms. The van der Waals surface area contributed by atoms with Gasteiger partial charge in [-0.2, -0.15) is 9.78 Å². The Morgan fingerprint density at radius 1 is 1.19 bits per heavy atom. The van der Waals surface area contributed by atoms with Crippen LogP contribution in [0.1, 0.15) is 10.5 Å². The van der Waals surface area contributed by atoms with Gasteiger partial charge in [-0.25, -0.2) is 4.79 Å². The molecular formula is C10H7N3O3. The predicted octanol–water partition coefficient (Wildman–Crippen LogP) is 0.326. The number of carboxylic acid groups (broad SMARTS) is 1. The van der Waals surface area contributed by atoms with Gasteiger partial charge in [0.25, 0.3) is 5.56 Å². The molecule has 0 spiro atoms. The Hall–Kier alpha value is -2.50. The van der Waals surface area contributed by atoms with E-state index in [9.17, 15) is 9.59 Å². The Kier molecular flexibility index (Phi) is 2.47. The van der Waals surface area contributed by atoms with Crippen molar-refractivity contribution >= 4 is 5.97 Å². The summed E-state index contributed by atoms with van der Waals surface area (Å²) in [7, 11) is 0. The maximum atomic E-state index is 11.5. The van der Waals surface area contributed by atoms with Crippen LogP contribution in [0, 0.1) is 0 Å². The summed E-state index contributed by atoms with van der Waals surface area (Å²) in [6.07, 6.45) is 2.99. The van der Waals surface area contributed by atoms with E-state index in [1.54, 1.807) is 12.1 Å². The number of carbonyl (C=O) groups is 1. The van der Waals surface area contributed by atoms with Gasteiger partial charge in [0.15, 0.2) is 5.69 Å². The molecule has 0 unspecified atom stereocenters. The van der Waals surface area contributed by atoms with E-state index < -0.39 is 11.5 Å². The number of aromatic nitrogens is 3. The summed E-state index contributed by atoms with van der Waals surface area (Å²) in [5.74, 6) is -1.18. The summed E-state index contributed by atoms with van der Waals surface area (Å²) in [5, 5.41) is 12.5. The molecule has 0 aliphatic carbocycles. The van der Waals surface area contributed by atoms with Gasteiger partial charge in [-0.1, -0.05) is 0 Å². The minimum Gasteiger partial charge on any atom is -0.476 e. The Morgan fingerprint density at radius 3 is 2.50 bits per heavy atom. The zero-order valence-corrected chi connectivity index (χ0v) is 8.07. The molecule has 1 N–H and O–H groups in total. The lowest BCUT2D eigenvalue weighted by Gasteiger charge is -2.03. The fourth-order valence-electron chi connectivity index (χ4n) is 1.20. The lowest BCUT2D eigenvalue weighted by atomic mass is 10.3. The van der Waals surface area contributed by atoms with Crippen molar-refractivity contribution in [1.82, 2.24) is 14.8 Å². The Bertz CT molecular complexity index is 577. The molecule has 0 aromatic carbocycles. The topological polar surface area (TPSA) is 85.1 Å². The normalized spacial score (nSPS) is 10.0. The lowest BCUT2D eigenvalue weighted by Crippen LogP contribution is -2.22. The van der Waals surface area contributed by atoms with Crippen LogP contribution in [0.2, 0.25) is 0 Å². The highest BCUT2D eigenvalue weighted by molar-refractivity contribution is 5.84. The minimum absolute atomic E-state index is 0.184. The highest BCUT2D eigenvalue weighted by Crippen LogP contribution is 2.00. The van der Waals surface area contributed by atoms with Crippen LogP contribution in [0.4, 0.5) is 0 Å². The molecule has 2 aromatic rings. The van der Waals surface area contributed by atoms with Crippen molar-refractivity contribution in [3.8, 4) is 5.69 Å². The molecule has 2 aromatic heterocycles. The molecule has 0 bridgehead atoms. The third-order valence-electron chi connectivity index (χ3n) is 1.93. The van der Waals surface area contributed by atoms with Crippen molar-refractivity contribution in [2.75, 3.05) is 0 Å². The van der Waals surface area contributed by atoms with Crippen LogP contribution >= 0.6 is 0 Å². The first kappa shape index (κ1) is 10.0. The van der Waals surface area contributed by atoms with E-state index in [2.05, 4.69) is 10.1 Å². The molecule has 0 aliphatic heterocycles. The standard InChI is InChI=1S/C10H7N3O3/c14-9-2-1-8(10(15)16)12-13(9)7-3-5-11-6-4-7/h1-6H,(H,15,16). The highest BCUT2D eigenvalue weighted by atomic mass is 16.4. The molecule has 0 saturated carbocycles. The van der Waals surface area contributed by atoms with E-state index in [4.69, 9.17) is 5.11 Å². The van der Waals surface area contributed by atoms with Crippen molar-refractivity contribution in [1.29, 1.82) is 0 Å². The van der Waals surface area contributed by atoms with Crippen LogP contribution in [0.3, 0.4) is 0 Å². The van der Waals surface area contributed by atoms with Gasteiger partial charge >= 0.3 is 5.97 Å². The van der Waals surface area contributed by atoms with Gasteiger partial charge in [0.05, 0.1) is 5.69 Å². The van der Waals surface area contributed by atoms with E-state index in [-0.39, 0.29) is 5.69 Å². The molecule has 0 aliphatic rings. The van der Waals surface area contributed by atoms with Crippen LogP contribution in [0.25, 0.3) is 5.69 Å². The van der Waals surface area contributed by atoms with Gasteiger partial charge in [-0.05, 0) is 18.2 Å². The molecule has 80 valence electrons. The fraction of sp³-hybridized carbons (Fsp3) is 0. The van der Waals surface area contributed by atoms with Crippen LogP contribution < -0.4 is 5.56 Å². The second kappa shape index (κ2) is 3.93. The van der Waals surface area contributed by atoms with E-state index >= 15 is 0 Å². The molecule has 2 heterocycles. The molecule has 2 rings (SSSR count). The second-order valence-electron chi connectivity index (χ2n) is 2.98. The molecular weight excluding hydrogens is 210 g/mol. The number of nitrogens with zero attached hydrogens (tertiary/aromatic N) is 3. The maximum Gasteiger partial charge on any atom is 0.356 e. The third-order valence-corrected chi connectivity index (χ3v) is 1.93.